The Morgan fingerprint density at radius 3 is 0.941 bits per heavy atom. The fourth-order valence-corrected chi connectivity index (χ4v) is 24.0. The standard InChI is InChI=1S/C38H22N2O2S4.C26H16Br2N2O2S2.C14H6Br4N2O2.C6H5NO2S.C6H6S/c41-37-31-27(43-21-11-3-1-4-12-21)19-29-35(39-23-15-7-9-17-25(23)45-29)33(31)38(42)32-28(44-22-13-5-2-6-14-22)20-30-36(34(32)37)40-24-16-8-10-18-26(24)46-30;27-15-11-17(33-13-7-3-1-4-8-13)19-21(23(15)29)26(32)20-18(34-14-9-5-2-6-10-14)12-16(28)24(30)22(20)25(19)31;15-3-1-5(17)11(19)9-7(3)13(21)10-8(14(9)22)4(16)2-6(18)12(10)20;8-7(9)5-3-1-2-4-6(5)10;7-6-4-2-1-3-5-6/h1-20,39-40H;1-12H,29-30H2;1-2H,19-20H2;1-4,10H;1-5,7H. The van der Waals surface area contributed by atoms with E-state index in [4.69, 9.17) is 22.9 Å². The number of halogens is 6. The van der Waals surface area contributed by atoms with Crippen molar-refractivity contribution in [1.29, 1.82) is 0 Å². The molecule has 0 amide bonds. The van der Waals surface area contributed by atoms with Crippen molar-refractivity contribution in [2.45, 2.75) is 49.0 Å². The summed E-state index contributed by atoms with van der Waals surface area (Å²) in [6, 6.07) is 82.7. The van der Waals surface area contributed by atoms with Crippen LogP contribution >= 0.6 is 191 Å². The summed E-state index contributed by atoms with van der Waals surface area (Å²) in [6.07, 6.45) is 0. The van der Waals surface area contributed by atoms with E-state index >= 15 is 9.59 Å². The van der Waals surface area contributed by atoms with Crippen LogP contribution in [0.2, 0.25) is 0 Å². The van der Waals surface area contributed by atoms with Gasteiger partial charge >= 0.3 is 0 Å². The van der Waals surface area contributed by atoms with Gasteiger partial charge in [-0.2, -0.15) is 0 Å². The summed E-state index contributed by atoms with van der Waals surface area (Å²) in [4.78, 5) is 109. The average molecular weight is 2100 g/mol. The molecule has 0 saturated heterocycles. The van der Waals surface area contributed by atoms with Crippen LogP contribution in [0.15, 0.2) is 346 Å². The molecule has 2 aliphatic rings. The van der Waals surface area contributed by atoms with Gasteiger partial charge < -0.3 is 32.9 Å². The van der Waals surface area contributed by atoms with Crippen LogP contribution in [0, 0.1) is 10.1 Å². The Bertz CT molecular complexity index is 6830. The SMILES string of the molecule is Nc1c(Br)cc(Br)c2c1C(=O)c1c(Br)cc(Br)c(N)c1C2=O.Nc1c(Br)cc(Sc2ccccc2)c2c1C(=O)c1c(Sc3ccccc3)cc(Br)c(N)c1C2=O.O=[N+]([O-])c1ccccc1S.O=c1c2c(Sc3ccccc3)cc3sc4ccccc4[nH]c3c2c(=O)c2c(Sc3ccccc3)cc3sc4ccccc4[nH]c3c12.Sc1ccccc1. The Kier molecular flexibility index (Phi) is 26.0. The number of anilines is 4. The number of para-hydroxylation sites is 3. The van der Waals surface area contributed by atoms with Crippen molar-refractivity contribution in [1.82, 2.24) is 9.97 Å². The Labute approximate surface area is 764 Å². The molecule has 29 heteroatoms. The maximum atomic E-state index is 15.1. The number of fused-ring (bicyclic) bond motifs is 12. The summed E-state index contributed by atoms with van der Waals surface area (Å²) in [5.74, 6) is -1.29. The molecular weight excluding hydrogens is 2040 g/mol. The van der Waals surface area contributed by atoms with E-state index in [-0.39, 0.29) is 107 Å². The van der Waals surface area contributed by atoms with E-state index < -0.39 is 4.92 Å². The Morgan fingerprint density at radius 1 is 0.319 bits per heavy atom. The summed E-state index contributed by atoms with van der Waals surface area (Å²) in [6.45, 7) is 0. The first-order valence-electron chi connectivity index (χ1n) is 35.5. The maximum absolute atomic E-state index is 15.1. The third-order valence-corrected chi connectivity index (χ3v) is 29.8. The molecule has 17 aromatic rings. The molecule has 2 aliphatic carbocycles. The van der Waals surface area contributed by atoms with E-state index in [1.807, 2.05) is 188 Å². The van der Waals surface area contributed by atoms with Gasteiger partial charge in [0, 0.05) is 98.9 Å². The van der Waals surface area contributed by atoms with Crippen LogP contribution < -0.4 is 33.8 Å². The largest absolute Gasteiger partial charge is 0.397 e. The van der Waals surface area contributed by atoms with Crippen molar-refractivity contribution in [2.24, 2.45) is 0 Å². The number of nitrogens with two attached hydrogens (primary N) is 4. The van der Waals surface area contributed by atoms with E-state index in [9.17, 15) is 29.3 Å². The molecular formula is C90H55Br6N7O8S8. The zero-order valence-corrected chi connectivity index (χ0v) is 77.2. The molecule has 0 atom stereocenters. The Morgan fingerprint density at radius 2 is 0.613 bits per heavy atom. The zero-order chi connectivity index (χ0) is 83.8. The molecule has 0 spiro atoms. The number of nitrogen functional groups attached to an aromatic ring is 4. The first-order valence-corrected chi connectivity index (χ1v) is 46.0. The molecule has 19 rings (SSSR count). The third kappa shape index (κ3) is 17.3. The number of aromatic nitrogens is 2. The number of aromatic amines is 2. The predicted octanol–water partition coefficient (Wildman–Crippen LogP) is 27.0. The maximum Gasteiger partial charge on any atom is 0.282 e. The van der Waals surface area contributed by atoms with Gasteiger partial charge in [0.15, 0.2) is 34.0 Å². The molecule has 0 aliphatic heterocycles. The molecule has 0 saturated carbocycles. The number of H-pyrrole nitrogens is 2. The summed E-state index contributed by atoms with van der Waals surface area (Å²) >= 11 is 37.3. The topological polar surface area (TPSA) is 281 Å². The lowest BCUT2D eigenvalue weighted by atomic mass is 9.82. The monoisotopic (exact) mass is 2090 g/mol. The third-order valence-electron chi connectivity index (χ3n) is 18.8. The molecule has 0 fully saturated rings. The van der Waals surface area contributed by atoms with Crippen molar-refractivity contribution in [2.75, 3.05) is 22.9 Å². The van der Waals surface area contributed by atoms with Crippen molar-refractivity contribution in [3.8, 4) is 0 Å². The van der Waals surface area contributed by atoms with Crippen molar-refractivity contribution < 1.29 is 24.1 Å². The fraction of sp³-hybridized carbons (Fsp3) is 0. The Hall–Kier alpha value is -9.28. The van der Waals surface area contributed by atoms with E-state index in [1.54, 1.807) is 65.1 Å². The van der Waals surface area contributed by atoms with E-state index in [0.717, 1.165) is 64.1 Å². The number of nitro groups is 1. The first-order chi connectivity index (χ1) is 57.3. The van der Waals surface area contributed by atoms with Crippen LogP contribution in [-0.4, -0.2) is 38.0 Å². The second-order valence-electron chi connectivity index (χ2n) is 26.2. The molecule has 0 radical (unpaired) electrons. The number of benzene rings is 15. The number of rotatable bonds is 9. The summed E-state index contributed by atoms with van der Waals surface area (Å²) in [7, 11) is 0. The fourth-order valence-electron chi connectivity index (χ4n) is 13.4. The number of carbonyl (C=O) groups excluding carboxylic acids is 4. The highest BCUT2D eigenvalue weighted by molar-refractivity contribution is 9.11. The quantitative estimate of drug-likeness (QED) is 0.0166. The van der Waals surface area contributed by atoms with Gasteiger partial charge in [-0.25, -0.2) is 0 Å². The van der Waals surface area contributed by atoms with E-state index in [1.165, 1.54) is 53.1 Å². The summed E-state index contributed by atoms with van der Waals surface area (Å²) in [5.41, 5.74) is 30.5. The molecule has 119 heavy (non-hydrogen) atoms. The minimum absolute atomic E-state index is 0.0471. The zero-order valence-electron chi connectivity index (χ0n) is 61.0. The van der Waals surface area contributed by atoms with Crippen LogP contribution in [0.3, 0.4) is 0 Å². The van der Waals surface area contributed by atoms with Gasteiger partial charge in [0.2, 0.25) is 0 Å². The minimum Gasteiger partial charge on any atom is -0.397 e. The van der Waals surface area contributed by atoms with Gasteiger partial charge in [-0.05, 0) is 223 Å². The summed E-state index contributed by atoms with van der Waals surface area (Å²) < 4.78 is 7.22. The molecule has 2 aromatic heterocycles. The van der Waals surface area contributed by atoms with Crippen molar-refractivity contribution in [3.63, 3.8) is 0 Å². The van der Waals surface area contributed by atoms with Crippen LogP contribution in [-0.2, 0) is 0 Å². The number of nitro benzene ring substituents is 1. The van der Waals surface area contributed by atoms with Gasteiger partial charge in [0.1, 0.15) is 0 Å². The van der Waals surface area contributed by atoms with Gasteiger partial charge in [0.05, 0.1) is 118 Å². The lowest BCUT2D eigenvalue weighted by Crippen LogP contribution is -2.26. The average Bonchev–Trinajstić information content (AvgIpc) is 0.695. The first kappa shape index (κ1) is 84.7. The summed E-state index contributed by atoms with van der Waals surface area (Å²) in [5, 5.41) is 12.0. The van der Waals surface area contributed by atoms with Gasteiger partial charge in [-0.3, -0.25) is 38.9 Å². The molecule has 0 unspecified atom stereocenters. The van der Waals surface area contributed by atoms with Crippen molar-refractivity contribution in [3.05, 3.63) is 363 Å². The van der Waals surface area contributed by atoms with Crippen LogP contribution in [0.1, 0.15) is 63.7 Å². The van der Waals surface area contributed by atoms with Crippen LogP contribution in [0.4, 0.5) is 28.4 Å². The number of nitrogens with one attached hydrogen (secondary N) is 2. The number of hydrogen-bond donors (Lipinski definition) is 8. The molecule has 588 valence electrons. The van der Waals surface area contributed by atoms with Gasteiger partial charge in [-0.15, -0.1) is 47.9 Å². The second-order valence-corrected chi connectivity index (χ2v) is 39.0. The molecule has 2 heterocycles. The smallest absolute Gasteiger partial charge is 0.282 e. The minimum atomic E-state index is -0.456. The highest BCUT2D eigenvalue weighted by Gasteiger charge is 2.40. The molecule has 10 N–H and O–H groups in total. The molecule has 0 bridgehead atoms. The normalized spacial score (nSPS) is 11.8. The molecule has 15 nitrogen and oxygen atoms in total. The number of ketones is 4. The van der Waals surface area contributed by atoms with Crippen LogP contribution in [0.5, 0.6) is 0 Å². The van der Waals surface area contributed by atoms with Gasteiger partial charge in [0.25, 0.3) is 5.69 Å². The highest BCUT2D eigenvalue weighted by atomic mass is 79.9. The lowest BCUT2D eigenvalue weighted by Gasteiger charge is -2.25. The second kappa shape index (κ2) is 36.6. The number of thiol groups is 2. The number of carbonyl (C=O) groups is 4. The number of hydrogen-bond acceptors (Lipinski definition) is 20. The Balaban J connectivity index is 0.000000132. The lowest BCUT2D eigenvalue weighted by molar-refractivity contribution is -0.387. The molecule has 15 aromatic carbocycles. The predicted molar refractivity (Wildman–Crippen MR) is 517 cm³/mol. The van der Waals surface area contributed by atoms with Gasteiger partial charge in [-0.1, -0.05) is 174 Å². The number of nitrogens with zero attached hydrogens (tertiary/aromatic N) is 1. The van der Waals surface area contributed by atoms with E-state index in [2.05, 4.69) is 155 Å². The highest BCUT2D eigenvalue weighted by Crippen LogP contribution is 2.50. The van der Waals surface area contributed by atoms with Crippen molar-refractivity contribution >= 4 is 305 Å². The van der Waals surface area contributed by atoms with E-state index in [0.29, 0.717) is 74.1 Å². The van der Waals surface area contributed by atoms with Crippen LogP contribution in [0.25, 0.3) is 62.4 Å².